The van der Waals surface area contributed by atoms with E-state index >= 15 is 0 Å². The molecular formula is C10H13ClN2O. The maximum absolute atomic E-state index is 6.00. The van der Waals surface area contributed by atoms with Gasteiger partial charge in [-0.25, -0.2) is 0 Å². The van der Waals surface area contributed by atoms with Gasteiger partial charge in [0, 0.05) is 19.0 Å². The van der Waals surface area contributed by atoms with E-state index in [1.54, 1.807) is 12.4 Å². The third kappa shape index (κ3) is 1.99. The molecule has 1 aliphatic rings. The maximum atomic E-state index is 6.00. The molecule has 1 aromatic heterocycles. The number of rotatable bonds is 2. The second kappa shape index (κ2) is 3.75. The molecule has 3 nitrogen and oxygen atoms in total. The topological polar surface area (TPSA) is 34.2 Å². The number of halogens is 1. The Morgan fingerprint density at radius 2 is 2.50 bits per heavy atom. The van der Waals surface area contributed by atoms with Crippen molar-refractivity contribution in [2.75, 3.05) is 18.5 Å². The van der Waals surface area contributed by atoms with Gasteiger partial charge in [0.1, 0.15) is 0 Å². The van der Waals surface area contributed by atoms with Crippen LogP contribution in [-0.2, 0) is 4.74 Å². The van der Waals surface area contributed by atoms with E-state index in [1.807, 2.05) is 6.07 Å². The highest BCUT2D eigenvalue weighted by Gasteiger charge is 2.29. The fourth-order valence-electron chi connectivity index (χ4n) is 1.57. The Balaban J connectivity index is 2.14. The number of hydrogen-bond acceptors (Lipinski definition) is 3. The molecule has 0 spiro atoms. The molecule has 1 unspecified atom stereocenters. The highest BCUT2D eigenvalue weighted by Crippen LogP contribution is 2.27. The minimum absolute atomic E-state index is 0.00495. The largest absolute Gasteiger partial charge is 0.379 e. The Morgan fingerprint density at radius 1 is 1.64 bits per heavy atom. The molecule has 1 saturated heterocycles. The van der Waals surface area contributed by atoms with Gasteiger partial charge in [-0.3, -0.25) is 4.98 Å². The van der Waals surface area contributed by atoms with Crippen LogP contribution in [0.4, 0.5) is 5.69 Å². The third-order valence-corrected chi connectivity index (χ3v) is 2.73. The van der Waals surface area contributed by atoms with E-state index in [0.717, 1.165) is 25.3 Å². The lowest BCUT2D eigenvalue weighted by atomic mass is 10.0. The van der Waals surface area contributed by atoms with Gasteiger partial charge in [0.25, 0.3) is 0 Å². The molecule has 0 bridgehead atoms. The van der Waals surface area contributed by atoms with Crippen LogP contribution >= 0.6 is 11.6 Å². The number of ether oxygens (including phenoxy) is 1. The first-order chi connectivity index (χ1) is 6.70. The van der Waals surface area contributed by atoms with E-state index in [2.05, 4.69) is 17.2 Å². The lowest BCUT2D eigenvalue weighted by Crippen LogP contribution is -2.35. The van der Waals surface area contributed by atoms with Crippen molar-refractivity contribution in [2.45, 2.75) is 18.9 Å². The van der Waals surface area contributed by atoms with E-state index in [1.165, 1.54) is 0 Å². The van der Waals surface area contributed by atoms with Gasteiger partial charge in [0.15, 0.2) is 0 Å². The maximum Gasteiger partial charge on any atom is 0.0820 e. The van der Waals surface area contributed by atoms with Gasteiger partial charge in [0.2, 0.25) is 0 Å². The highest BCUT2D eigenvalue weighted by atomic mass is 35.5. The molecule has 76 valence electrons. The Morgan fingerprint density at radius 3 is 3.14 bits per heavy atom. The summed E-state index contributed by atoms with van der Waals surface area (Å²) in [6.45, 7) is 3.68. The lowest BCUT2D eigenvalue weighted by molar-refractivity contribution is 0.185. The Kier molecular flexibility index (Phi) is 2.61. The van der Waals surface area contributed by atoms with E-state index < -0.39 is 0 Å². The number of nitrogens with zero attached hydrogens (tertiary/aromatic N) is 1. The molecule has 0 radical (unpaired) electrons. The average molecular weight is 213 g/mol. The van der Waals surface area contributed by atoms with Crippen LogP contribution in [0.15, 0.2) is 18.5 Å². The van der Waals surface area contributed by atoms with Gasteiger partial charge in [-0.1, -0.05) is 11.6 Å². The lowest BCUT2D eigenvalue weighted by Gasteiger charge is -2.25. The number of pyridine rings is 1. The molecule has 1 aliphatic heterocycles. The molecule has 0 aliphatic carbocycles. The summed E-state index contributed by atoms with van der Waals surface area (Å²) in [7, 11) is 0. The molecule has 2 heterocycles. The number of aromatic nitrogens is 1. The van der Waals surface area contributed by atoms with Crippen molar-refractivity contribution in [3.05, 3.63) is 23.5 Å². The van der Waals surface area contributed by atoms with E-state index in [0.29, 0.717) is 5.02 Å². The van der Waals surface area contributed by atoms with Crippen molar-refractivity contribution < 1.29 is 4.74 Å². The van der Waals surface area contributed by atoms with Crippen LogP contribution < -0.4 is 5.32 Å². The Bertz CT molecular complexity index is 324. The zero-order valence-corrected chi connectivity index (χ0v) is 8.84. The first-order valence-electron chi connectivity index (χ1n) is 4.65. The normalized spacial score (nSPS) is 26.4. The second-order valence-corrected chi connectivity index (χ2v) is 4.25. The van der Waals surface area contributed by atoms with Gasteiger partial charge >= 0.3 is 0 Å². The molecule has 4 heteroatoms. The minimum atomic E-state index is 0.00495. The summed E-state index contributed by atoms with van der Waals surface area (Å²) in [5.41, 5.74) is 0.931. The Labute approximate surface area is 88.4 Å². The SMILES string of the molecule is CC1(Nc2ccncc2Cl)CCOC1. The summed E-state index contributed by atoms with van der Waals surface area (Å²) >= 11 is 6.00. The van der Waals surface area contributed by atoms with Crippen molar-refractivity contribution in [3.8, 4) is 0 Å². The highest BCUT2D eigenvalue weighted by molar-refractivity contribution is 6.33. The quantitative estimate of drug-likeness (QED) is 0.817. The van der Waals surface area contributed by atoms with Crippen molar-refractivity contribution in [1.82, 2.24) is 4.98 Å². The summed E-state index contributed by atoms with van der Waals surface area (Å²) in [5, 5.41) is 4.04. The number of nitrogens with one attached hydrogen (secondary N) is 1. The van der Waals surface area contributed by atoms with Crippen molar-refractivity contribution in [2.24, 2.45) is 0 Å². The summed E-state index contributed by atoms with van der Waals surface area (Å²) in [6, 6.07) is 1.88. The molecule has 1 aromatic rings. The monoisotopic (exact) mass is 212 g/mol. The zero-order valence-electron chi connectivity index (χ0n) is 8.09. The summed E-state index contributed by atoms with van der Waals surface area (Å²) in [4.78, 5) is 3.94. The first-order valence-corrected chi connectivity index (χ1v) is 5.03. The van der Waals surface area contributed by atoms with Crippen LogP contribution in [0.25, 0.3) is 0 Å². The summed E-state index contributed by atoms with van der Waals surface area (Å²) < 4.78 is 5.35. The average Bonchev–Trinajstić information content (AvgIpc) is 2.57. The summed E-state index contributed by atoms with van der Waals surface area (Å²) in [5.74, 6) is 0. The van der Waals surface area contributed by atoms with Gasteiger partial charge in [-0.15, -0.1) is 0 Å². The smallest absolute Gasteiger partial charge is 0.0820 e. The van der Waals surface area contributed by atoms with Gasteiger partial charge in [-0.05, 0) is 19.4 Å². The van der Waals surface area contributed by atoms with Crippen molar-refractivity contribution >= 4 is 17.3 Å². The summed E-state index contributed by atoms with van der Waals surface area (Å²) in [6.07, 6.45) is 4.38. The van der Waals surface area contributed by atoms with Crippen molar-refractivity contribution in [1.29, 1.82) is 0 Å². The predicted molar refractivity (Wildman–Crippen MR) is 56.7 cm³/mol. The molecule has 2 rings (SSSR count). The van der Waals surface area contributed by atoms with Crippen LogP contribution in [0, 0.1) is 0 Å². The number of anilines is 1. The molecule has 0 saturated carbocycles. The van der Waals surface area contributed by atoms with Gasteiger partial charge in [0.05, 0.1) is 22.9 Å². The molecule has 1 atom stereocenters. The van der Waals surface area contributed by atoms with E-state index in [-0.39, 0.29) is 5.54 Å². The van der Waals surface area contributed by atoms with Gasteiger partial charge < -0.3 is 10.1 Å². The van der Waals surface area contributed by atoms with Crippen molar-refractivity contribution in [3.63, 3.8) is 0 Å². The molecule has 0 amide bonds. The fraction of sp³-hybridized carbons (Fsp3) is 0.500. The molecule has 0 aromatic carbocycles. The third-order valence-electron chi connectivity index (χ3n) is 2.43. The van der Waals surface area contributed by atoms with Crippen LogP contribution in [0.2, 0.25) is 5.02 Å². The van der Waals surface area contributed by atoms with Crippen LogP contribution in [0.5, 0.6) is 0 Å². The predicted octanol–water partition coefficient (Wildman–Crippen LogP) is 2.33. The molecule has 1 N–H and O–H groups in total. The molecular weight excluding hydrogens is 200 g/mol. The van der Waals surface area contributed by atoms with Gasteiger partial charge in [-0.2, -0.15) is 0 Å². The zero-order chi connectivity index (χ0) is 10.0. The minimum Gasteiger partial charge on any atom is -0.379 e. The second-order valence-electron chi connectivity index (χ2n) is 3.84. The standard InChI is InChI=1S/C10H13ClN2O/c1-10(3-5-14-7-10)13-9-2-4-12-6-8(9)11/h2,4,6H,3,5,7H2,1H3,(H,12,13). The Hall–Kier alpha value is -0.800. The van der Waals surface area contributed by atoms with E-state index in [4.69, 9.17) is 16.3 Å². The fourth-order valence-corrected chi connectivity index (χ4v) is 1.73. The molecule has 14 heavy (non-hydrogen) atoms. The van der Waals surface area contributed by atoms with E-state index in [9.17, 15) is 0 Å². The van der Waals surface area contributed by atoms with Crippen LogP contribution in [0.1, 0.15) is 13.3 Å². The first kappa shape index (κ1) is 9.74. The van der Waals surface area contributed by atoms with Crippen LogP contribution in [0.3, 0.4) is 0 Å². The molecule has 1 fully saturated rings. The van der Waals surface area contributed by atoms with Crippen LogP contribution in [-0.4, -0.2) is 23.7 Å². The number of hydrogen-bond donors (Lipinski definition) is 1.